The zero-order valence-electron chi connectivity index (χ0n) is 12.3. The molecule has 1 aliphatic heterocycles. The van der Waals surface area contributed by atoms with E-state index in [0.717, 1.165) is 0 Å². The number of nitrogens with one attached hydrogen (secondary N) is 1. The molecule has 0 radical (unpaired) electrons. The first-order chi connectivity index (χ1) is 10.6. The van der Waals surface area contributed by atoms with Gasteiger partial charge in [-0.2, -0.15) is 0 Å². The van der Waals surface area contributed by atoms with Gasteiger partial charge < -0.3 is 19.9 Å². The molecule has 6 nitrogen and oxygen atoms in total. The Labute approximate surface area is 128 Å². The molecule has 3 atom stereocenters. The summed E-state index contributed by atoms with van der Waals surface area (Å²) in [6.45, 7) is -0.262. The van der Waals surface area contributed by atoms with Crippen LogP contribution in [0.4, 0.5) is 0 Å². The molecule has 1 heterocycles. The van der Waals surface area contributed by atoms with Gasteiger partial charge in [0.1, 0.15) is 6.10 Å². The number of methoxy groups -OCH3 is 1. The number of rotatable bonds is 5. The molecule has 0 fully saturated rings. The molecule has 118 valence electrons. The van der Waals surface area contributed by atoms with Gasteiger partial charge in [-0.3, -0.25) is 9.59 Å². The third-order valence-corrected chi connectivity index (χ3v) is 3.39. The minimum absolute atomic E-state index is 0.0723. The van der Waals surface area contributed by atoms with E-state index >= 15 is 0 Å². The second-order valence-electron chi connectivity index (χ2n) is 4.93. The average molecular weight is 305 g/mol. The molecule has 0 saturated heterocycles. The summed E-state index contributed by atoms with van der Waals surface area (Å²) in [5.41, 5.74) is 0.532. The number of aliphatic hydroxyl groups excluding tert-OH is 1. The van der Waals surface area contributed by atoms with Gasteiger partial charge in [-0.1, -0.05) is 30.4 Å². The molecule has 1 aromatic rings. The highest BCUT2D eigenvalue weighted by molar-refractivity contribution is 5.94. The standard InChI is InChI=1S/C16H19NO5/c1-21-15(19)9-12-7-8-13(14(10-18)22-12)17-16(20)11-5-3-2-4-6-11/h2-8,12-14,18H,9-10H2,1H3,(H,17,20)/t12-,13+,14-/m0/s1. The molecule has 22 heavy (non-hydrogen) atoms. The van der Waals surface area contributed by atoms with E-state index in [9.17, 15) is 14.7 Å². The molecule has 1 aliphatic rings. The summed E-state index contributed by atoms with van der Waals surface area (Å²) in [5, 5.41) is 12.2. The molecule has 0 aromatic heterocycles. The number of hydrogen-bond donors (Lipinski definition) is 2. The van der Waals surface area contributed by atoms with Crippen molar-refractivity contribution in [2.24, 2.45) is 0 Å². The summed E-state index contributed by atoms with van der Waals surface area (Å²) >= 11 is 0. The van der Waals surface area contributed by atoms with Gasteiger partial charge in [0.05, 0.1) is 32.3 Å². The van der Waals surface area contributed by atoms with Gasteiger partial charge in [-0.05, 0) is 12.1 Å². The fourth-order valence-electron chi connectivity index (χ4n) is 2.21. The highest BCUT2D eigenvalue weighted by Crippen LogP contribution is 2.16. The van der Waals surface area contributed by atoms with E-state index in [1.165, 1.54) is 7.11 Å². The normalized spacial score (nSPS) is 23.8. The van der Waals surface area contributed by atoms with E-state index in [4.69, 9.17) is 4.74 Å². The Hall–Kier alpha value is -2.18. The van der Waals surface area contributed by atoms with Crippen molar-refractivity contribution in [3.8, 4) is 0 Å². The molecule has 6 heteroatoms. The van der Waals surface area contributed by atoms with E-state index in [2.05, 4.69) is 10.1 Å². The molecular weight excluding hydrogens is 286 g/mol. The zero-order chi connectivity index (χ0) is 15.9. The van der Waals surface area contributed by atoms with Crippen LogP contribution in [-0.4, -0.2) is 48.9 Å². The van der Waals surface area contributed by atoms with Crippen molar-refractivity contribution in [2.75, 3.05) is 13.7 Å². The number of hydrogen-bond acceptors (Lipinski definition) is 5. The lowest BCUT2D eigenvalue weighted by molar-refractivity contribution is -0.144. The highest BCUT2D eigenvalue weighted by atomic mass is 16.5. The third kappa shape index (κ3) is 4.16. The first kappa shape index (κ1) is 16.2. The average Bonchev–Trinajstić information content (AvgIpc) is 2.56. The van der Waals surface area contributed by atoms with E-state index in [-0.39, 0.29) is 18.9 Å². The van der Waals surface area contributed by atoms with Crippen molar-refractivity contribution in [3.63, 3.8) is 0 Å². The molecule has 0 aliphatic carbocycles. The maximum absolute atomic E-state index is 12.1. The van der Waals surface area contributed by atoms with Gasteiger partial charge in [-0.15, -0.1) is 0 Å². The third-order valence-electron chi connectivity index (χ3n) is 3.39. The summed E-state index contributed by atoms with van der Waals surface area (Å²) in [5.74, 6) is -0.637. The van der Waals surface area contributed by atoms with Crippen LogP contribution in [0.1, 0.15) is 16.8 Å². The number of aliphatic hydroxyl groups is 1. The molecule has 0 bridgehead atoms. The fourth-order valence-corrected chi connectivity index (χ4v) is 2.21. The first-order valence-corrected chi connectivity index (χ1v) is 7.01. The molecule has 1 aromatic carbocycles. The molecule has 2 N–H and O–H groups in total. The lowest BCUT2D eigenvalue weighted by atomic mass is 10.0. The van der Waals surface area contributed by atoms with Crippen LogP contribution in [0.2, 0.25) is 0 Å². The van der Waals surface area contributed by atoms with Crippen molar-refractivity contribution in [2.45, 2.75) is 24.7 Å². The molecule has 2 rings (SSSR count). The number of esters is 1. The minimum Gasteiger partial charge on any atom is -0.469 e. The highest BCUT2D eigenvalue weighted by Gasteiger charge is 2.29. The van der Waals surface area contributed by atoms with Gasteiger partial charge in [0, 0.05) is 5.56 Å². The summed E-state index contributed by atoms with van der Waals surface area (Å²) < 4.78 is 10.2. The first-order valence-electron chi connectivity index (χ1n) is 7.01. The van der Waals surface area contributed by atoms with Crippen molar-refractivity contribution >= 4 is 11.9 Å². The van der Waals surface area contributed by atoms with Crippen LogP contribution in [-0.2, 0) is 14.3 Å². The summed E-state index contributed by atoms with van der Waals surface area (Å²) in [7, 11) is 1.31. The van der Waals surface area contributed by atoms with Crippen LogP contribution in [0.15, 0.2) is 42.5 Å². The Balaban J connectivity index is 2.00. The van der Waals surface area contributed by atoms with E-state index in [0.29, 0.717) is 5.56 Å². The van der Waals surface area contributed by atoms with Crippen LogP contribution < -0.4 is 5.32 Å². The Morgan fingerprint density at radius 1 is 1.27 bits per heavy atom. The van der Waals surface area contributed by atoms with Crippen LogP contribution in [0.3, 0.4) is 0 Å². The van der Waals surface area contributed by atoms with Crippen molar-refractivity contribution < 1.29 is 24.2 Å². The molecule has 0 spiro atoms. The number of amides is 1. The molecular formula is C16H19NO5. The molecule has 1 amide bonds. The number of carbonyl (C=O) groups is 2. The van der Waals surface area contributed by atoms with E-state index in [1.807, 2.05) is 6.07 Å². The quantitative estimate of drug-likeness (QED) is 0.617. The van der Waals surface area contributed by atoms with Crippen LogP contribution in [0.5, 0.6) is 0 Å². The van der Waals surface area contributed by atoms with Gasteiger partial charge in [0.15, 0.2) is 0 Å². The lowest BCUT2D eigenvalue weighted by Crippen LogP contribution is -2.48. The summed E-state index contributed by atoms with van der Waals surface area (Å²) in [6.07, 6.45) is 2.43. The summed E-state index contributed by atoms with van der Waals surface area (Å²) in [6, 6.07) is 8.34. The maximum atomic E-state index is 12.1. The predicted molar refractivity (Wildman–Crippen MR) is 79.2 cm³/mol. The smallest absolute Gasteiger partial charge is 0.308 e. The van der Waals surface area contributed by atoms with Gasteiger partial charge >= 0.3 is 5.97 Å². The fraction of sp³-hybridized carbons (Fsp3) is 0.375. The Kier molecular flexibility index (Phi) is 5.68. The van der Waals surface area contributed by atoms with Gasteiger partial charge in [0.25, 0.3) is 5.91 Å². The topological polar surface area (TPSA) is 84.9 Å². The second kappa shape index (κ2) is 7.72. The molecule has 0 saturated carbocycles. The molecule has 0 unspecified atom stereocenters. The zero-order valence-corrected chi connectivity index (χ0v) is 12.3. The lowest BCUT2D eigenvalue weighted by Gasteiger charge is -2.31. The van der Waals surface area contributed by atoms with Crippen molar-refractivity contribution in [1.82, 2.24) is 5.32 Å². The second-order valence-corrected chi connectivity index (χ2v) is 4.93. The monoisotopic (exact) mass is 305 g/mol. The van der Waals surface area contributed by atoms with E-state index < -0.39 is 24.2 Å². The minimum atomic E-state index is -0.604. The van der Waals surface area contributed by atoms with Crippen molar-refractivity contribution in [1.29, 1.82) is 0 Å². The summed E-state index contributed by atoms with van der Waals surface area (Å²) in [4.78, 5) is 23.4. The van der Waals surface area contributed by atoms with Gasteiger partial charge in [0.2, 0.25) is 0 Å². The SMILES string of the molecule is COC(=O)C[C@@H]1C=C[C@@H](NC(=O)c2ccccc2)[C@H](CO)O1. The Morgan fingerprint density at radius 3 is 2.64 bits per heavy atom. The maximum Gasteiger partial charge on any atom is 0.308 e. The Morgan fingerprint density at radius 2 is 2.00 bits per heavy atom. The number of ether oxygens (including phenoxy) is 2. The largest absolute Gasteiger partial charge is 0.469 e. The van der Waals surface area contributed by atoms with Crippen LogP contribution >= 0.6 is 0 Å². The predicted octanol–water partition coefficient (Wildman–Crippen LogP) is 0.664. The van der Waals surface area contributed by atoms with E-state index in [1.54, 1.807) is 36.4 Å². The Bertz CT molecular complexity index is 543. The number of benzene rings is 1. The number of carbonyl (C=O) groups excluding carboxylic acids is 2. The van der Waals surface area contributed by atoms with Crippen LogP contribution in [0.25, 0.3) is 0 Å². The van der Waals surface area contributed by atoms with Crippen molar-refractivity contribution in [3.05, 3.63) is 48.0 Å². The van der Waals surface area contributed by atoms with Gasteiger partial charge in [-0.25, -0.2) is 0 Å². The van der Waals surface area contributed by atoms with Crippen LogP contribution in [0, 0.1) is 0 Å².